The summed E-state index contributed by atoms with van der Waals surface area (Å²) in [4.78, 5) is 0.0717. The lowest BCUT2D eigenvalue weighted by Gasteiger charge is -2.14. The van der Waals surface area contributed by atoms with Crippen molar-refractivity contribution in [2.45, 2.75) is 38.7 Å². The first kappa shape index (κ1) is 18.1. The minimum atomic E-state index is -3.96. The number of para-hydroxylation sites is 2. The van der Waals surface area contributed by atoms with Crippen molar-refractivity contribution >= 4 is 10.1 Å². The Morgan fingerprint density at radius 2 is 1.67 bits per heavy atom. The van der Waals surface area contributed by atoms with Gasteiger partial charge < -0.3 is 13.7 Å². The molecule has 0 aliphatic rings. The highest BCUT2D eigenvalue weighted by Gasteiger charge is 2.20. The van der Waals surface area contributed by atoms with E-state index in [1.54, 1.807) is 37.3 Å². The third-order valence-electron chi connectivity index (χ3n) is 3.15. The average Bonchev–Trinajstić information content (AvgIpc) is 2.51. The fourth-order valence-corrected chi connectivity index (χ4v) is 3.15. The van der Waals surface area contributed by atoms with E-state index in [2.05, 4.69) is 0 Å². The van der Waals surface area contributed by atoms with Crippen LogP contribution in [0.25, 0.3) is 0 Å². The first-order valence-corrected chi connectivity index (χ1v) is 9.18. The molecule has 0 atom stereocenters. The van der Waals surface area contributed by atoms with Gasteiger partial charge in [-0.05, 0) is 63.6 Å². The molecular weight excluding hydrogens is 328 g/mol. The van der Waals surface area contributed by atoms with Crippen molar-refractivity contribution in [2.24, 2.45) is 0 Å². The van der Waals surface area contributed by atoms with Crippen molar-refractivity contribution in [3.8, 4) is 17.2 Å². The molecule has 0 N–H and O–H groups in total. The molecule has 6 heteroatoms. The van der Waals surface area contributed by atoms with Gasteiger partial charge in [0.1, 0.15) is 10.6 Å². The van der Waals surface area contributed by atoms with E-state index >= 15 is 0 Å². The summed E-state index contributed by atoms with van der Waals surface area (Å²) >= 11 is 0. The summed E-state index contributed by atoms with van der Waals surface area (Å²) < 4.78 is 41.3. The minimum absolute atomic E-state index is 0.0143. The average molecular weight is 350 g/mol. The largest absolute Gasteiger partial charge is 0.491 e. The first-order valence-electron chi connectivity index (χ1n) is 7.77. The number of benzene rings is 2. The standard InChI is InChI=1S/C18H22O5S/c1-5-21-17-8-6-7-9-18(17)23-24(19,20)15-10-11-16(14(4)12-15)22-13(2)3/h6-13H,5H2,1-4H3. The van der Waals surface area contributed by atoms with Crippen LogP contribution in [-0.4, -0.2) is 21.1 Å². The van der Waals surface area contributed by atoms with Crippen LogP contribution in [0.3, 0.4) is 0 Å². The Kier molecular flexibility index (Phi) is 5.72. The fraction of sp³-hybridized carbons (Fsp3) is 0.333. The van der Waals surface area contributed by atoms with Crippen LogP contribution in [0, 0.1) is 6.92 Å². The number of rotatable bonds is 7. The molecule has 24 heavy (non-hydrogen) atoms. The molecule has 130 valence electrons. The molecule has 2 rings (SSSR count). The molecule has 5 nitrogen and oxygen atoms in total. The van der Waals surface area contributed by atoms with Crippen LogP contribution in [0.4, 0.5) is 0 Å². The van der Waals surface area contributed by atoms with Gasteiger partial charge in [-0.2, -0.15) is 8.42 Å². The predicted molar refractivity (Wildman–Crippen MR) is 92.4 cm³/mol. The highest BCUT2D eigenvalue weighted by molar-refractivity contribution is 7.87. The summed E-state index contributed by atoms with van der Waals surface area (Å²) in [5.41, 5.74) is 0.728. The van der Waals surface area contributed by atoms with Crippen LogP contribution >= 0.6 is 0 Å². The molecule has 0 aliphatic carbocycles. The Morgan fingerprint density at radius 3 is 2.25 bits per heavy atom. The molecule has 0 amide bonds. The summed E-state index contributed by atoms with van der Waals surface area (Å²) in [6, 6.07) is 11.3. The molecule has 0 saturated carbocycles. The summed E-state index contributed by atoms with van der Waals surface area (Å²) in [6.45, 7) is 7.86. The number of hydrogen-bond acceptors (Lipinski definition) is 5. The van der Waals surface area contributed by atoms with Gasteiger partial charge in [-0.25, -0.2) is 0 Å². The molecule has 0 bridgehead atoms. The monoisotopic (exact) mass is 350 g/mol. The molecule has 0 unspecified atom stereocenters. The van der Waals surface area contributed by atoms with Gasteiger partial charge in [-0.1, -0.05) is 12.1 Å². The molecule has 2 aromatic rings. The normalized spacial score (nSPS) is 11.4. The van der Waals surface area contributed by atoms with E-state index in [9.17, 15) is 8.42 Å². The molecular formula is C18H22O5S. The molecule has 0 fully saturated rings. The number of ether oxygens (including phenoxy) is 2. The second kappa shape index (κ2) is 7.57. The Hall–Kier alpha value is -2.21. The van der Waals surface area contributed by atoms with Crippen LogP contribution in [0.15, 0.2) is 47.4 Å². The molecule has 0 aromatic heterocycles. The van der Waals surface area contributed by atoms with Crippen LogP contribution < -0.4 is 13.7 Å². The minimum Gasteiger partial charge on any atom is -0.491 e. The number of hydrogen-bond donors (Lipinski definition) is 0. The van der Waals surface area contributed by atoms with Crippen molar-refractivity contribution in [3.63, 3.8) is 0 Å². The van der Waals surface area contributed by atoms with E-state index in [-0.39, 0.29) is 16.7 Å². The predicted octanol–water partition coefficient (Wildman–Crippen LogP) is 3.95. The SMILES string of the molecule is CCOc1ccccc1OS(=O)(=O)c1ccc(OC(C)C)c(C)c1. The Morgan fingerprint density at radius 1 is 1.00 bits per heavy atom. The lowest BCUT2D eigenvalue weighted by atomic mass is 10.2. The quantitative estimate of drug-likeness (QED) is 0.708. The van der Waals surface area contributed by atoms with Gasteiger partial charge in [-0.15, -0.1) is 0 Å². The second-order valence-corrected chi connectivity index (χ2v) is 7.06. The number of aryl methyl sites for hydroxylation is 1. The van der Waals surface area contributed by atoms with E-state index in [4.69, 9.17) is 13.7 Å². The van der Waals surface area contributed by atoms with Gasteiger partial charge in [0.2, 0.25) is 0 Å². The van der Waals surface area contributed by atoms with Crippen molar-refractivity contribution in [1.29, 1.82) is 0 Å². The molecule has 0 spiro atoms. The second-order valence-electron chi connectivity index (χ2n) is 5.51. The highest BCUT2D eigenvalue weighted by atomic mass is 32.2. The zero-order chi connectivity index (χ0) is 17.7. The topological polar surface area (TPSA) is 61.8 Å². The molecule has 0 heterocycles. The Balaban J connectivity index is 2.30. The van der Waals surface area contributed by atoms with Gasteiger partial charge in [0, 0.05) is 0 Å². The van der Waals surface area contributed by atoms with Crippen molar-refractivity contribution in [3.05, 3.63) is 48.0 Å². The Labute approximate surface area is 143 Å². The van der Waals surface area contributed by atoms with Crippen molar-refractivity contribution in [1.82, 2.24) is 0 Å². The zero-order valence-electron chi connectivity index (χ0n) is 14.3. The van der Waals surface area contributed by atoms with Crippen LogP contribution in [0.2, 0.25) is 0 Å². The van der Waals surface area contributed by atoms with Crippen LogP contribution in [0.1, 0.15) is 26.3 Å². The first-order chi connectivity index (χ1) is 11.3. The third kappa shape index (κ3) is 4.41. The van der Waals surface area contributed by atoms with E-state index < -0.39 is 10.1 Å². The summed E-state index contributed by atoms with van der Waals surface area (Å²) in [5, 5.41) is 0. The maximum Gasteiger partial charge on any atom is 0.339 e. The van der Waals surface area contributed by atoms with E-state index in [1.165, 1.54) is 12.1 Å². The van der Waals surface area contributed by atoms with Gasteiger partial charge in [0.25, 0.3) is 0 Å². The highest BCUT2D eigenvalue weighted by Crippen LogP contribution is 2.30. The molecule has 2 aromatic carbocycles. The van der Waals surface area contributed by atoms with Gasteiger partial charge >= 0.3 is 10.1 Å². The maximum absolute atomic E-state index is 12.5. The smallest absolute Gasteiger partial charge is 0.339 e. The van der Waals surface area contributed by atoms with Gasteiger partial charge in [0.15, 0.2) is 11.5 Å². The van der Waals surface area contributed by atoms with Crippen molar-refractivity contribution in [2.75, 3.05) is 6.61 Å². The fourth-order valence-electron chi connectivity index (χ4n) is 2.12. The summed E-state index contributed by atoms with van der Waals surface area (Å²) in [7, 11) is -3.96. The van der Waals surface area contributed by atoms with Crippen LogP contribution in [-0.2, 0) is 10.1 Å². The lowest BCUT2D eigenvalue weighted by Crippen LogP contribution is -2.12. The molecule has 0 saturated heterocycles. The van der Waals surface area contributed by atoms with Gasteiger partial charge in [0.05, 0.1) is 12.7 Å². The van der Waals surface area contributed by atoms with E-state index in [0.717, 1.165) is 5.56 Å². The maximum atomic E-state index is 12.5. The Bertz CT molecular complexity index is 797. The van der Waals surface area contributed by atoms with Gasteiger partial charge in [-0.3, -0.25) is 0 Å². The molecule has 0 aliphatic heterocycles. The van der Waals surface area contributed by atoms with E-state index in [0.29, 0.717) is 18.1 Å². The third-order valence-corrected chi connectivity index (χ3v) is 4.38. The summed E-state index contributed by atoms with van der Waals surface area (Å²) in [5.74, 6) is 1.21. The van der Waals surface area contributed by atoms with E-state index in [1.807, 2.05) is 20.8 Å². The summed E-state index contributed by atoms with van der Waals surface area (Å²) in [6.07, 6.45) is 0.0143. The zero-order valence-corrected chi connectivity index (χ0v) is 15.1. The van der Waals surface area contributed by atoms with Crippen LogP contribution in [0.5, 0.6) is 17.2 Å². The molecule has 0 radical (unpaired) electrons. The lowest BCUT2D eigenvalue weighted by molar-refractivity contribution is 0.240. The van der Waals surface area contributed by atoms with Crippen molar-refractivity contribution < 1.29 is 22.1 Å².